The summed E-state index contributed by atoms with van der Waals surface area (Å²) < 4.78 is 5.44. The average Bonchev–Trinajstić information content (AvgIpc) is 3.47. The van der Waals surface area contributed by atoms with Crippen LogP contribution >= 0.6 is 0 Å². The maximum atomic E-state index is 13.9. The number of carbonyl (C=O) groups excluding carboxylic acids is 2. The van der Waals surface area contributed by atoms with E-state index in [-0.39, 0.29) is 17.9 Å². The van der Waals surface area contributed by atoms with Crippen molar-refractivity contribution in [1.82, 2.24) is 10.2 Å². The minimum absolute atomic E-state index is 0.0201. The van der Waals surface area contributed by atoms with Crippen LogP contribution in [0.15, 0.2) is 78.9 Å². The molecule has 0 aromatic heterocycles. The Morgan fingerprint density at radius 2 is 1.59 bits per heavy atom. The van der Waals surface area contributed by atoms with Gasteiger partial charge in [0.15, 0.2) is 0 Å². The Balaban J connectivity index is 1.60. The van der Waals surface area contributed by atoms with Gasteiger partial charge in [-0.05, 0) is 59.6 Å². The summed E-state index contributed by atoms with van der Waals surface area (Å²) in [5, 5.41) is 3.28. The molecule has 4 rings (SSSR count). The van der Waals surface area contributed by atoms with Crippen molar-refractivity contribution >= 4 is 11.8 Å². The highest BCUT2D eigenvalue weighted by atomic mass is 16.5. The van der Waals surface area contributed by atoms with Gasteiger partial charge in [-0.25, -0.2) is 0 Å². The Labute approximate surface area is 233 Å². The monoisotopic (exact) mass is 526 g/mol. The summed E-state index contributed by atoms with van der Waals surface area (Å²) in [6.07, 6.45) is 5.71. The van der Waals surface area contributed by atoms with Crippen LogP contribution in [0, 0.1) is 0 Å². The minimum Gasteiger partial charge on any atom is -0.497 e. The van der Waals surface area contributed by atoms with Crippen LogP contribution in [0.25, 0.3) is 0 Å². The molecular weight excluding hydrogens is 484 g/mol. The maximum absolute atomic E-state index is 13.9. The second-order valence-corrected chi connectivity index (χ2v) is 11.0. The zero-order valence-electron chi connectivity index (χ0n) is 23.6. The first kappa shape index (κ1) is 28.4. The molecule has 5 nitrogen and oxygen atoms in total. The molecule has 1 atom stereocenters. The lowest BCUT2D eigenvalue weighted by atomic mass is 9.99. The van der Waals surface area contributed by atoms with E-state index < -0.39 is 6.04 Å². The van der Waals surface area contributed by atoms with Gasteiger partial charge in [0.2, 0.25) is 11.8 Å². The molecule has 1 N–H and O–H groups in total. The fourth-order valence-corrected chi connectivity index (χ4v) is 5.35. The lowest BCUT2D eigenvalue weighted by Crippen LogP contribution is -2.52. The second-order valence-electron chi connectivity index (χ2n) is 11.0. The summed E-state index contributed by atoms with van der Waals surface area (Å²) in [5.41, 5.74) is 4.40. The maximum Gasteiger partial charge on any atom is 0.243 e. The van der Waals surface area contributed by atoms with Crippen molar-refractivity contribution in [3.63, 3.8) is 0 Å². The third kappa shape index (κ3) is 8.19. The normalized spacial score (nSPS) is 14.3. The highest BCUT2D eigenvalue weighted by Gasteiger charge is 2.32. The topological polar surface area (TPSA) is 58.6 Å². The molecule has 0 unspecified atom stereocenters. The molecule has 5 heteroatoms. The third-order valence-corrected chi connectivity index (χ3v) is 7.73. The van der Waals surface area contributed by atoms with Crippen LogP contribution in [0.1, 0.15) is 74.1 Å². The summed E-state index contributed by atoms with van der Waals surface area (Å²) in [7, 11) is 1.64. The third-order valence-electron chi connectivity index (χ3n) is 7.73. The van der Waals surface area contributed by atoms with E-state index >= 15 is 0 Å². The van der Waals surface area contributed by atoms with Crippen LogP contribution in [-0.4, -0.2) is 35.9 Å². The number of nitrogens with zero attached hydrogens (tertiary/aromatic N) is 1. The van der Waals surface area contributed by atoms with E-state index in [1.54, 1.807) is 12.0 Å². The molecule has 0 aliphatic heterocycles. The summed E-state index contributed by atoms with van der Waals surface area (Å²) in [5.74, 6) is 1.12. The van der Waals surface area contributed by atoms with Gasteiger partial charge < -0.3 is 15.0 Å². The average molecular weight is 527 g/mol. The molecule has 0 heterocycles. The summed E-state index contributed by atoms with van der Waals surface area (Å²) in [6, 6.07) is 25.8. The van der Waals surface area contributed by atoms with Crippen molar-refractivity contribution < 1.29 is 14.3 Å². The molecule has 0 radical (unpaired) electrons. The van der Waals surface area contributed by atoms with Gasteiger partial charge in [0.1, 0.15) is 11.8 Å². The largest absolute Gasteiger partial charge is 0.497 e. The molecule has 0 bridgehead atoms. The first-order valence-electron chi connectivity index (χ1n) is 14.3. The molecule has 1 aliphatic rings. The van der Waals surface area contributed by atoms with Gasteiger partial charge >= 0.3 is 0 Å². The minimum atomic E-state index is -0.602. The smallest absolute Gasteiger partial charge is 0.243 e. The van der Waals surface area contributed by atoms with Crippen molar-refractivity contribution in [2.24, 2.45) is 0 Å². The molecule has 1 saturated carbocycles. The Morgan fingerprint density at radius 3 is 2.26 bits per heavy atom. The van der Waals surface area contributed by atoms with E-state index in [1.807, 2.05) is 54.6 Å². The number of methoxy groups -OCH3 is 1. The number of ether oxygens (including phenoxy) is 1. The fourth-order valence-electron chi connectivity index (χ4n) is 5.35. The number of aryl methyl sites for hydroxylation is 1. The Kier molecular flexibility index (Phi) is 10.2. The second kappa shape index (κ2) is 14.0. The zero-order chi connectivity index (χ0) is 27.6. The van der Waals surface area contributed by atoms with Gasteiger partial charge in [-0.15, -0.1) is 0 Å². The highest BCUT2D eigenvalue weighted by Crippen LogP contribution is 2.22. The highest BCUT2D eigenvalue weighted by molar-refractivity contribution is 5.88. The molecule has 0 spiro atoms. The van der Waals surface area contributed by atoms with Gasteiger partial charge in [0, 0.05) is 25.4 Å². The Bertz CT molecular complexity index is 1200. The van der Waals surface area contributed by atoms with Crippen LogP contribution in [0.5, 0.6) is 5.75 Å². The first-order chi connectivity index (χ1) is 18.9. The van der Waals surface area contributed by atoms with E-state index in [1.165, 1.54) is 5.56 Å². The predicted octanol–water partition coefficient (Wildman–Crippen LogP) is 6.45. The van der Waals surface area contributed by atoms with Gasteiger partial charge in [-0.2, -0.15) is 0 Å². The molecule has 2 amide bonds. The van der Waals surface area contributed by atoms with Crippen LogP contribution in [0.2, 0.25) is 0 Å². The first-order valence-corrected chi connectivity index (χ1v) is 14.3. The summed E-state index contributed by atoms with van der Waals surface area (Å²) in [6.45, 7) is 4.70. The quantitative estimate of drug-likeness (QED) is 0.295. The SMILES string of the molecule is COc1cccc(CN(C(=O)CCc2ccc(C(C)C)cc2)[C@H](Cc2ccccc2)C(=O)NC2CCCC2)c1. The van der Waals surface area contributed by atoms with Gasteiger partial charge in [0.05, 0.1) is 7.11 Å². The van der Waals surface area contributed by atoms with E-state index in [9.17, 15) is 9.59 Å². The van der Waals surface area contributed by atoms with Gasteiger partial charge in [-0.3, -0.25) is 9.59 Å². The molecule has 0 saturated heterocycles. The number of hydrogen-bond donors (Lipinski definition) is 1. The van der Waals surface area contributed by atoms with E-state index in [4.69, 9.17) is 4.74 Å². The number of amides is 2. The van der Waals surface area contributed by atoms with Crippen LogP contribution in [-0.2, 0) is 29.0 Å². The number of rotatable bonds is 12. The van der Waals surface area contributed by atoms with Crippen LogP contribution < -0.4 is 10.1 Å². The number of nitrogens with one attached hydrogen (secondary N) is 1. The molecule has 1 fully saturated rings. The van der Waals surface area contributed by atoms with Crippen molar-refractivity contribution in [2.75, 3.05) is 7.11 Å². The molecule has 39 heavy (non-hydrogen) atoms. The summed E-state index contributed by atoms with van der Waals surface area (Å²) in [4.78, 5) is 29.5. The number of benzene rings is 3. The Hall–Kier alpha value is -3.60. The van der Waals surface area contributed by atoms with Crippen LogP contribution in [0.3, 0.4) is 0 Å². The molecule has 1 aliphatic carbocycles. The van der Waals surface area contributed by atoms with Crippen molar-refractivity contribution in [2.45, 2.75) is 83.3 Å². The number of hydrogen-bond acceptors (Lipinski definition) is 3. The lowest BCUT2D eigenvalue weighted by molar-refractivity contribution is -0.141. The van der Waals surface area contributed by atoms with Crippen molar-refractivity contribution in [3.05, 3.63) is 101 Å². The van der Waals surface area contributed by atoms with Crippen molar-refractivity contribution in [3.8, 4) is 5.75 Å². The van der Waals surface area contributed by atoms with E-state index in [0.717, 1.165) is 48.1 Å². The number of carbonyl (C=O) groups is 2. The lowest BCUT2D eigenvalue weighted by Gasteiger charge is -2.32. The van der Waals surface area contributed by atoms with Crippen LogP contribution in [0.4, 0.5) is 0 Å². The van der Waals surface area contributed by atoms with Gasteiger partial charge in [0.25, 0.3) is 0 Å². The van der Waals surface area contributed by atoms with E-state index in [2.05, 4.69) is 43.4 Å². The molecule has 206 valence electrons. The Morgan fingerprint density at radius 1 is 0.897 bits per heavy atom. The standard InChI is InChI=1S/C34H42N2O3/c1-25(2)29-19-16-26(17-20-29)18-21-33(37)36(24-28-12-9-15-31(22-28)39-3)32(23-27-10-5-4-6-11-27)34(38)35-30-13-7-8-14-30/h4-6,9-12,15-17,19-20,22,25,30,32H,7-8,13-14,18,21,23-24H2,1-3H3,(H,35,38)/t32-/m1/s1. The van der Waals surface area contributed by atoms with Crippen molar-refractivity contribution in [1.29, 1.82) is 0 Å². The van der Waals surface area contributed by atoms with Gasteiger partial charge in [-0.1, -0.05) is 93.4 Å². The fraction of sp³-hybridized carbons (Fsp3) is 0.412. The molecular formula is C34H42N2O3. The summed E-state index contributed by atoms with van der Waals surface area (Å²) >= 11 is 0. The predicted molar refractivity (Wildman–Crippen MR) is 157 cm³/mol. The molecule has 3 aromatic carbocycles. The molecule has 3 aromatic rings. The zero-order valence-corrected chi connectivity index (χ0v) is 23.6. The van der Waals surface area contributed by atoms with E-state index in [0.29, 0.717) is 31.7 Å².